The number of alkyl halides is 3. The van der Waals surface area contributed by atoms with E-state index in [0.717, 1.165) is 16.7 Å². The number of morpholine rings is 1. The topological polar surface area (TPSA) is 54.5 Å². The van der Waals surface area contributed by atoms with Crippen molar-refractivity contribution in [1.82, 2.24) is 10.6 Å². The number of hydrogen-bond donors (Lipinski definition) is 3. The van der Waals surface area contributed by atoms with Gasteiger partial charge in [-0.15, -0.1) is 0 Å². The monoisotopic (exact) mass is 615 g/mol. The minimum atomic E-state index is -4.43. The Balaban J connectivity index is 1.32. The fourth-order valence-electron chi connectivity index (χ4n) is 5.09. The van der Waals surface area contributed by atoms with E-state index in [-0.39, 0.29) is 42.1 Å². The van der Waals surface area contributed by atoms with E-state index >= 15 is 4.39 Å². The van der Waals surface area contributed by atoms with Gasteiger partial charge in [0.15, 0.2) is 12.5 Å². The first-order chi connectivity index (χ1) is 21.0. The van der Waals surface area contributed by atoms with E-state index in [2.05, 4.69) is 46.0 Å². The zero-order valence-corrected chi connectivity index (χ0v) is 24.7. The number of benzene rings is 3. The SMILES string of the molecule is C=C(CC(c1ccc(C)cc1)c1ccc(F)cc1)Nc1cccc(F)c1CC[C@@H]1CN[C@H](CNC(=C)OCC(F)(F)F)CO1. The summed E-state index contributed by atoms with van der Waals surface area (Å²) in [4.78, 5) is 0. The molecule has 5 nitrogen and oxygen atoms in total. The molecule has 0 radical (unpaired) electrons. The molecular formula is C34H38F5N3O2. The van der Waals surface area contributed by atoms with E-state index in [1.54, 1.807) is 18.2 Å². The second-order valence-corrected chi connectivity index (χ2v) is 11.0. The van der Waals surface area contributed by atoms with Crippen molar-refractivity contribution in [2.75, 3.05) is 31.6 Å². The smallest absolute Gasteiger partial charge is 0.422 e. The minimum absolute atomic E-state index is 0.0780. The lowest BCUT2D eigenvalue weighted by atomic mass is 9.87. The van der Waals surface area contributed by atoms with E-state index in [1.807, 2.05) is 25.1 Å². The number of rotatable bonds is 14. The summed E-state index contributed by atoms with van der Waals surface area (Å²) in [5, 5.41) is 9.35. The molecule has 1 heterocycles. The van der Waals surface area contributed by atoms with Crippen molar-refractivity contribution in [3.8, 4) is 0 Å². The summed E-state index contributed by atoms with van der Waals surface area (Å²) in [6, 6.07) is 19.4. The normalized spacial score (nSPS) is 17.5. The van der Waals surface area contributed by atoms with Crippen molar-refractivity contribution < 1.29 is 31.4 Å². The standard InChI is InChI=1S/C34H38F5N3O2/c1-22-7-9-25(10-8-22)31(26-11-13-27(35)14-12-26)17-23(2)42-33-6-4-5-32(36)30(33)16-15-29-19-41-28(20-43-29)18-40-24(3)44-21-34(37,38)39/h4-14,28-29,31,40-42H,2-3,15-21H2,1H3/t28-,29-,31?/m1/s1. The highest BCUT2D eigenvalue weighted by Gasteiger charge is 2.29. The molecule has 0 spiro atoms. The highest BCUT2D eigenvalue weighted by molar-refractivity contribution is 5.55. The van der Waals surface area contributed by atoms with Gasteiger partial charge < -0.3 is 25.4 Å². The molecule has 3 aromatic rings. The number of aryl methyl sites for hydroxylation is 1. The summed E-state index contributed by atoms with van der Waals surface area (Å²) in [7, 11) is 0. The zero-order valence-electron chi connectivity index (χ0n) is 24.7. The van der Waals surface area contributed by atoms with Crippen LogP contribution < -0.4 is 16.0 Å². The van der Waals surface area contributed by atoms with Crippen LogP contribution in [0.4, 0.5) is 27.6 Å². The van der Waals surface area contributed by atoms with Crippen molar-refractivity contribution in [1.29, 1.82) is 0 Å². The molecule has 0 aliphatic carbocycles. The van der Waals surface area contributed by atoms with Gasteiger partial charge in [-0.1, -0.05) is 54.6 Å². The molecule has 1 fully saturated rings. The zero-order chi connectivity index (χ0) is 31.7. The van der Waals surface area contributed by atoms with Gasteiger partial charge in [0.05, 0.1) is 12.7 Å². The van der Waals surface area contributed by atoms with E-state index < -0.39 is 12.8 Å². The summed E-state index contributed by atoms with van der Waals surface area (Å²) < 4.78 is 76.1. The molecule has 4 rings (SSSR count). The minimum Gasteiger partial charge on any atom is -0.470 e. The van der Waals surface area contributed by atoms with Gasteiger partial charge in [0.25, 0.3) is 0 Å². The number of halogens is 5. The maximum absolute atomic E-state index is 15.0. The first-order valence-corrected chi connectivity index (χ1v) is 14.5. The molecule has 1 aliphatic heterocycles. The van der Waals surface area contributed by atoms with Crippen molar-refractivity contribution in [2.45, 2.75) is 50.4 Å². The molecule has 0 amide bonds. The fraction of sp³-hybridized carbons (Fsp3) is 0.353. The number of anilines is 1. The van der Waals surface area contributed by atoms with Crippen LogP contribution in [0, 0.1) is 18.6 Å². The number of allylic oxidation sites excluding steroid dienone is 1. The van der Waals surface area contributed by atoms with Crippen molar-refractivity contribution in [2.24, 2.45) is 0 Å². The number of nitrogens with one attached hydrogen (secondary N) is 3. The van der Waals surface area contributed by atoms with Crippen LogP contribution >= 0.6 is 0 Å². The van der Waals surface area contributed by atoms with E-state index in [4.69, 9.17) is 4.74 Å². The third kappa shape index (κ3) is 10.1. The molecule has 0 bridgehead atoms. The lowest BCUT2D eigenvalue weighted by Gasteiger charge is -2.31. The second-order valence-electron chi connectivity index (χ2n) is 11.0. The lowest BCUT2D eigenvalue weighted by Crippen LogP contribution is -2.50. The average Bonchev–Trinajstić information content (AvgIpc) is 2.99. The predicted octanol–water partition coefficient (Wildman–Crippen LogP) is 7.35. The summed E-state index contributed by atoms with van der Waals surface area (Å²) in [6.07, 6.45) is -3.12. The predicted molar refractivity (Wildman–Crippen MR) is 162 cm³/mol. The maximum atomic E-state index is 15.0. The molecule has 10 heteroatoms. The maximum Gasteiger partial charge on any atom is 0.422 e. The molecule has 236 valence electrons. The third-order valence-corrected chi connectivity index (χ3v) is 7.47. The molecular weight excluding hydrogens is 577 g/mol. The summed E-state index contributed by atoms with van der Waals surface area (Å²) >= 11 is 0. The Hall–Kier alpha value is -3.89. The molecule has 1 aliphatic rings. The molecule has 3 aromatic carbocycles. The number of ether oxygens (including phenoxy) is 2. The van der Waals surface area contributed by atoms with Gasteiger partial charge in [0.1, 0.15) is 11.6 Å². The van der Waals surface area contributed by atoms with Crippen LogP contribution in [-0.2, 0) is 15.9 Å². The Bertz CT molecular complexity index is 1340. The van der Waals surface area contributed by atoms with Gasteiger partial charge in [0.2, 0.25) is 0 Å². The molecule has 3 atom stereocenters. The van der Waals surface area contributed by atoms with E-state index in [1.165, 1.54) is 18.2 Å². The molecule has 0 saturated carbocycles. The van der Waals surface area contributed by atoms with Crippen LogP contribution in [-0.4, -0.2) is 44.6 Å². The highest BCUT2D eigenvalue weighted by Crippen LogP contribution is 2.32. The van der Waals surface area contributed by atoms with Gasteiger partial charge in [-0.05, 0) is 68.2 Å². The average molecular weight is 616 g/mol. The Labute approximate surface area is 255 Å². The Kier molecular flexibility index (Phi) is 11.4. The van der Waals surface area contributed by atoms with Crippen LogP contribution in [0.1, 0.15) is 41.0 Å². The summed E-state index contributed by atoms with van der Waals surface area (Å²) in [5.74, 6) is -0.872. The van der Waals surface area contributed by atoms with E-state index in [9.17, 15) is 17.6 Å². The first kappa shape index (κ1) is 33.0. The van der Waals surface area contributed by atoms with Crippen molar-refractivity contribution in [3.05, 3.63) is 125 Å². The molecule has 3 N–H and O–H groups in total. The molecule has 1 unspecified atom stereocenters. The Morgan fingerprint density at radius 2 is 1.70 bits per heavy atom. The fourth-order valence-corrected chi connectivity index (χ4v) is 5.09. The van der Waals surface area contributed by atoms with Gasteiger partial charge in [-0.2, -0.15) is 13.2 Å². The summed E-state index contributed by atoms with van der Waals surface area (Å²) in [6.45, 7) is 9.41. The van der Waals surface area contributed by atoms with Gasteiger partial charge in [-0.3, -0.25) is 0 Å². The second kappa shape index (κ2) is 15.2. The molecule has 44 heavy (non-hydrogen) atoms. The van der Waals surface area contributed by atoms with Crippen molar-refractivity contribution >= 4 is 5.69 Å². The third-order valence-electron chi connectivity index (χ3n) is 7.47. The first-order valence-electron chi connectivity index (χ1n) is 14.5. The van der Waals surface area contributed by atoms with Gasteiger partial charge in [0, 0.05) is 42.0 Å². The number of hydrogen-bond acceptors (Lipinski definition) is 5. The van der Waals surface area contributed by atoms with Gasteiger partial charge in [-0.25, -0.2) is 8.78 Å². The van der Waals surface area contributed by atoms with Crippen LogP contribution in [0.5, 0.6) is 0 Å². The van der Waals surface area contributed by atoms with Crippen LogP contribution in [0.15, 0.2) is 91.5 Å². The highest BCUT2D eigenvalue weighted by atomic mass is 19.4. The molecule has 1 saturated heterocycles. The van der Waals surface area contributed by atoms with Gasteiger partial charge >= 0.3 is 6.18 Å². The largest absolute Gasteiger partial charge is 0.470 e. The van der Waals surface area contributed by atoms with Crippen molar-refractivity contribution in [3.63, 3.8) is 0 Å². The van der Waals surface area contributed by atoms with E-state index in [0.29, 0.717) is 49.4 Å². The van der Waals surface area contributed by atoms with Crippen LogP contribution in [0.25, 0.3) is 0 Å². The quantitative estimate of drug-likeness (QED) is 0.131. The Morgan fingerprint density at radius 1 is 1.02 bits per heavy atom. The van der Waals surface area contributed by atoms with Crippen LogP contribution in [0.2, 0.25) is 0 Å². The molecule has 0 aromatic heterocycles. The van der Waals surface area contributed by atoms with Crippen LogP contribution in [0.3, 0.4) is 0 Å². The lowest BCUT2D eigenvalue weighted by molar-refractivity contribution is -0.166. The Morgan fingerprint density at radius 3 is 2.34 bits per heavy atom. The summed E-state index contributed by atoms with van der Waals surface area (Å²) in [5.41, 5.74) is 4.99.